The van der Waals surface area contributed by atoms with Crippen molar-refractivity contribution in [2.45, 2.75) is 18.9 Å². The van der Waals surface area contributed by atoms with Crippen LogP contribution < -0.4 is 16.4 Å². The first-order valence-electron chi connectivity index (χ1n) is 7.85. The first kappa shape index (κ1) is 15.7. The Kier molecular flexibility index (Phi) is 4.16. The Morgan fingerprint density at radius 3 is 3.12 bits per heavy atom. The summed E-state index contributed by atoms with van der Waals surface area (Å²) in [5.74, 6) is 0.0764. The fraction of sp³-hybridized carbons (Fsp3) is 0.250. The van der Waals surface area contributed by atoms with Gasteiger partial charge in [0.05, 0.1) is 0 Å². The quantitative estimate of drug-likeness (QED) is 0.654. The number of thiazole rings is 1. The van der Waals surface area contributed by atoms with E-state index >= 15 is 0 Å². The molecule has 1 amide bonds. The van der Waals surface area contributed by atoms with Crippen LogP contribution in [0, 0.1) is 0 Å². The van der Waals surface area contributed by atoms with Gasteiger partial charge >= 0.3 is 0 Å². The molecule has 0 aliphatic carbocycles. The van der Waals surface area contributed by atoms with Gasteiger partial charge in [-0.3, -0.25) is 4.79 Å². The van der Waals surface area contributed by atoms with E-state index in [1.807, 2.05) is 12.1 Å². The third kappa shape index (κ3) is 3.24. The van der Waals surface area contributed by atoms with Gasteiger partial charge in [0, 0.05) is 17.8 Å². The molecule has 1 atom stereocenters. The summed E-state index contributed by atoms with van der Waals surface area (Å²) in [4.78, 5) is 16.7. The van der Waals surface area contributed by atoms with Crippen molar-refractivity contribution in [2.24, 2.45) is 0 Å². The second-order valence-electron chi connectivity index (χ2n) is 5.74. The first-order valence-corrected chi connectivity index (χ1v) is 8.73. The van der Waals surface area contributed by atoms with E-state index in [0.717, 1.165) is 13.0 Å². The number of nitrogens with two attached hydrogens (primary N) is 1. The molecular formula is C16H16N6O2S. The summed E-state index contributed by atoms with van der Waals surface area (Å²) >= 11 is 1.30. The molecule has 128 valence electrons. The first-order chi connectivity index (χ1) is 12.2. The SMILES string of the molecule is Nc1nonc1-c1csc(NC(=O)CC2NCCc3ccccc32)n1. The number of benzene rings is 1. The van der Waals surface area contributed by atoms with Gasteiger partial charge in [0.1, 0.15) is 5.69 Å². The summed E-state index contributed by atoms with van der Waals surface area (Å²) in [6.45, 7) is 0.870. The van der Waals surface area contributed by atoms with Gasteiger partial charge in [-0.2, -0.15) is 0 Å². The zero-order valence-corrected chi connectivity index (χ0v) is 14.0. The van der Waals surface area contributed by atoms with Crippen LogP contribution in [-0.4, -0.2) is 27.7 Å². The van der Waals surface area contributed by atoms with Crippen molar-refractivity contribution in [1.82, 2.24) is 20.6 Å². The van der Waals surface area contributed by atoms with Crippen LogP contribution in [0.4, 0.5) is 10.9 Å². The fourth-order valence-corrected chi connectivity index (χ4v) is 3.66. The van der Waals surface area contributed by atoms with Gasteiger partial charge in [-0.25, -0.2) is 9.61 Å². The van der Waals surface area contributed by atoms with Crippen molar-refractivity contribution < 1.29 is 9.42 Å². The molecule has 2 aromatic heterocycles. The number of aromatic nitrogens is 3. The maximum Gasteiger partial charge on any atom is 0.228 e. The van der Waals surface area contributed by atoms with Crippen molar-refractivity contribution >= 4 is 28.2 Å². The third-order valence-corrected chi connectivity index (χ3v) is 4.87. The Bertz CT molecular complexity index is 905. The van der Waals surface area contributed by atoms with Gasteiger partial charge in [-0.1, -0.05) is 24.3 Å². The van der Waals surface area contributed by atoms with Gasteiger partial charge in [0.15, 0.2) is 16.6 Å². The van der Waals surface area contributed by atoms with Crippen LogP contribution in [0.5, 0.6) is 0 Å². The number of carbonyl (C=O) groups excluding carboxylic acids is 1. The molecule has 9 heteroatoms. The number of fused-ring (bicyclic) bond motifs is 1. The summed E-state index contributed by atoms with van der Waals surface area (Å²) in [7, 11) is 0. The minimum atomic E-state index is -0.0960. The van der Waals surface area contributed by atoms with E-state index in [1.54, 1.807) is 5.38 Å². The maximum absolute atomic E-state index is 12.4. The van der Waals surface area contributed by atoms with Crippen molar-refractivity contribution in [3.05, 3.63) is 40.8 Å². The number of amides is 1. The van der Waals surface area contributed by atoms with Crippen LogP contribution in [0.25, 0.3) is 11.4 Å². The largest absolute Gasteiger partial charge is 0.379 e. The molecule has 1 unspecified atom stereocenters. The smallest absolute Gasteiger partial charge is 0.228 e. The molecule has 1 aliphatic rings. The molecule has 1 aromatic carbocycles. The maximum atomic E-state index is 12.4. The van der Waals surface area contributed by atoms with Gasteiger partial charge < -0.3 is 16.4 Å². The minimum Gasteiger partial charge on any atom is -0.379 e. The number of nitrogen functional groups attached to an aromatic ring is 1. The lowest BCUT2D eigenvalue weighted by Gasteiger charge is -2.26. The molecule has 25 heavy (non-hydrogen) atoms. The van der Waals surface area contributed by atoms with Crippen LogP contribution in [0.1, 0.15) is 23.6 Å². The van der Waals surface area contributed by atoms with Crippen molar-refractivity contribution in [3.63, 3.8) is 0 Å². The molecule has 4 rings (SSSR count). The van der Waals surface area contributed by atoms with Crippen LogP contribution in [0.2, 0.25) is 0 Å². The lowest BCUT2D eigenvalue weighted by molar-refractivity contribution is -0.116. The molecular weight excluding hydrogens is 340 g/mol. The lowest BCUT2D eigenvalue weighted by Crippen LogP contribution is -2.32. The molecule has 3 aromatic rings. The Labute approximate surface area is 147 Å². The van der Waals surface area contributed by atoms with Crippen molar-refractivity contribution in [3.8, 4) is 11.4 Å². The number of nitrogens with zero attached hydrogens (tertiary/aromatic N) is 3. The van der Waals surface area contributed by atoms with Gasteiger partial charge in [-0.05, 0) is 34.4 Å². The van der Waals surface area contributed by atoms with E-state index in [1.165, 1.54) is 22.5 Å². The van der Waals surface area contributed by atoms with Gasteiger partial charge in [-0.15, -0.1) is 11.3 Å². The van der Waals surface area contributed by atoms with E-state index in [0.29, 0.717) is 22.9 Å². The van der Waals surface area contributed by atoms with Crippen LogP contribution in [0.3, 0.4) is 0 Å². The predicted octanol–water partition coefficient (Wildman–Crippen LogP) is 1.99. The fourth-order valence-electron chi connectivity index (χ4n) is 2.94. The lowest BCUT2D eigenvalue weighted by atomic mass is 9.92. The normalized spacial score (nSPS) is 16.4. The van der Waals surface area contributed by atoms with Crippen LogP contribution >= 0.6 is 11.3 Å². The zero-order chi connectivity index (χ0) is 17.2. The van der Waals surface area contributed by atoms with Gasteiger partial charge in [0.2, 0.25) is 5.91 Å². The summed E-state index contributed by atoms with van der Waals surface area (Å²) < 4.78 is 4.57. The molecule has 0 saturated carbocycles. The highest BCUT2D eigenvalue weighted by Crippen LogP contribution is 2.28. The minimum absolute atomic E-state index is 0.0137. The van der Waals surface area contributed by atoms with E-state index in [9.17, 15) is 4.79 Å². The number of hydrogen-bond donors (Lipinski definition) is 3. The number of hydrogen-bond acceptors (Lipinski definition) is 8. The zero-order valence-electron chi connectivity index (χ0n) is 13.2. The number of rotatable bonds is 4. The highest BCUT2D eigenvalue weighted by Gasteiger charge is 2.22. The molecule has 4 N–H and O–H groups in total. The Morgan fingerprint density at radius 2 is 2.28 bits per heavy atom. The van der Waals surface area contributed by atoms with Crippen molar-refractivity contribution in [1.29, 1.82) is 0 Å². The molecule has 0 saturated heterocycles. The summed E-state index contributed by atoms with van der Waals surface area (Å²) in [5.41, 5.74) is 9.04. The van der Waals surface area contributed by atoms with Crippen LogP contribution in [0.15, 0.2) is 34.3 Å². The molecule has 0 radical (unpaired) electrons. The molecule has 1 aliphatic heterocycles. The summed E-state index contributed by atoms with van der Waals surface area (Å²) in [5, 5.41) is 15.7. The van der Waals surface area contributed by atoms with Crippen molar-refractivity contribution in [2.75, 3.05) is 17.6 Å². The molecule has 3 heterocycles. The second kappa shape index (κ2) is 6.61. The molecule has 8 nitrogen and oxygen atoms in total. The van der Waals surface area contributed by atoms with E-state index in [2.05, 4.69) is 42.7 Å². The van der Waals surface area contributed by atoms with Gasteiger partial charge in [0.25, 0.3) is 0 Å². The van der Waals surface area contributed by atoms with E-state index in [-0.39, 0.29) is 17.8 Å². The second-order valence-corrected chi connectivity index (χ2v) is 6.60. The topological polar surface area (TPSA) is 119 Å². The molecule has 0 fully saturated rings. The van der Waals surface area contributed by atoms with Crippen LogP contribution in [-0.2, 0) is 11.2 Å². The highest BCUT2D eigenvalue weighted by atomic mass is 32.1. The highest BCUT2D eigenvalue weighted by molar-refractivity contribution is 7.14. The van der Waals surface area contributed by atoms with E-state index < -0.39 is 0 Å². The number of nitrogens with one attached hydrogen (secondary N) is 2. The number of anilines is 2. The average molecular weight is 356 g/mol. The summed E-state index contributed by atoms with van der Waals surface area (Å²) in [6.07, 6.45) is 1.33. The summed E-state index contributed by atoms with van der Waals surface area (Å²) in [6, 6.07) is 8.23. The Hall–Kier alpha value is -2.78. The molecule has 0 spiro atoms. The average Bonchev–Trinajstić information content (AvgIpc) is 3.24. The predicted molar refractivity (Wildman–Crippen MR) is 94.0 cm³/mol. The Balaban J connectivity index is 1.44. The van der Waals surface area contributed by atoms with E-state index in [4.69, 9.17) is 5.73 Å². The molecule has 0 bridgehead atoms. The standard InChI is InChI=1S/C16H16N6O2S/c17-15-14(21-24-22-15)12-8-25-16(19-12)20-13(23)7-11-10-4-2-1-3-9(10)5-6-18-11/h1-4,8,11,18H,5-7H2,(H2,17,22)(H,19,20,23). The third-order valence-electron chi connectivity index (χ3n) is 4.11. The number of carbonyl (C=O) groups is 1. The monoisotopic (exact) mass is 356 g/mol. The Morgan fingerprint density at radius 1 is 1.40 bits per heavy atom.